The normalized spacial score (nSPS) is 27.2. The summed E-state index contributed by atoms with van der Waals surface area (Å²) in [5, 5.41) is 3.12. The van der Waals surface area contributed by atoms with Gasteiger partial charge in [-0.05, 0) is 78.1 Å². The minimum atomic E-state index is -4.71. The van der Waals surface area contributed by atoms with Gasteiger partial charge < -0.3 is 14.8 Å². The smallest absolute Gasteiger partial charge is 0.445 e. The molecular formula is C26H29F3N2O3. The van der Waals surface area contributed by atoms with Crippen LogP contribution in [0.25, 0.3) is 11.1 Å². The van der Waals surface area contributed by atoms with Crippen molar-refractivity contribution in [3.8, 4) is 16.9 Å². The Morgan fingerprint density at radius 2 is 1.74 bits per heavy atom. The van der Waals surface area contributed by atoms with E-state index in [1.807, 2.05) is 12.1 Å². The lowest BCUT2D eigenvalue weighted by Crippen LogP contribution is -2.53. The van der Waals surface area contributed by atoms with Crippen molar-refractivity contribution in [1.29, 1.82) is 0 Å². The number of carbonyl (C=O) groups excluding carboxylic acids is 1. The average Bonchev–Trinajstić information content (AvgIpc) is 3.02. The van der Waals surface area contributed by atoms with Crippen LogP contribution in [0.5, 0.6) is 5.75 Å². The van der Waals surface area contributed by atoms with E-state index < -0.39 is 6.36 Å². The predicted octanol–water partition coefficient (Wildman–Crippen LogP) is 5.70. The third-order valence-corrected chi connectivity index (χ3v) is 7.42. The Kier molecular flexibility index (Phi) is 5.74. The van der Waals surface area contributed by atoms with Crippen LogP contribution in [0, 0.1) is 11.3 Å². The molecule has 8 heteroatoms. The fourth-order valence-electron chi connectivity index (χ4n) is 5.69. The SMILES string of the molecule is CC1(C)Cc2cc(-c3ccc(OC(F)(F)F)cc3)ccc2C1NC(=O)O[C@@H]1CN2CCC1CC2. The van der Waals surface area contributed by atoms with Gasteiger partial charge in [0, 0.05) is 6.54 Å². The lowest BCUT2D eigenvalue weighted by Gasteiger charge is -2.44. The molecule has 1 amide bonds. The number of hydrogen-bond acceptors (Lipinski definition) is 4. The van der Waals surface area contributed by atoms with E-state index in [9.17, 15) is 18.0 Å². The highest BCUT2D eigenvalue weighted by Gasteiger charge is 2.42. The fourth-order valence-corrected chi connectivity index (χ4v) is 5.69. The van der Waals surface area contributed by atoms with Crippen LogP contribution >= 0.6 is 0 Å². The molecule has 2 bridgehead atoms. The molecule has 3 saturated heterocycles. The molecule has 182 valence electrons. The number of benzene rings is 2. The number of nitrogens with zero attached hydrogens (tertiary/aromatic N) is 1. The molecule has 6 rings (SSSR count). The third kappa shape index (κ3) is 4.73. The van der Waals surface area contributed by atoms with Gasteiger partial charge in [-0.25, -0.2) is 4.79 Å². The number of ether oxygens (including phenoxy) is 2. The Balaban J connectivity index is 1.29. The molecule has 2 atom stereocenters. The van der Waals surface area contributed by atoms with Crippen LogP contribution in [0.1, 0.15) is 43.9 Å². The maximum atomic E-state index is 12.8. The van der Waals surface area contributed by atoms with E-state index in [2.05, 4.69) is 34.9 Å². The Bertz CT molecular complexity index is 1060. The number of hydrogen-bond donors (Lipinski definition) is 1. The molecular weight excluding hydrogens is 445 g/mol. The van der Waals surface area contributed by atoms with Crippen LogP contribution < -0.4 is 10.1 Å². The van der Waals surface area contributed by atoms with E-state index in [4.69, 9.17) is 4.74 Å². The number of piperidine rings is 3. The van der Waals surface area contributed by atoms with Crippen molar-refractivity contribution < 1.29 is 27.4 Å². The van der Waals surface area contributed by atoms with Gasteiger partial charge in [0.2, 0.25) is 0 Å². The van der Waals surface area contributed by atoms with Crippen LogP contribution in [-0.4, -0.2) is 43.1 Å². The predicted molar refractivity (Wildman–Crippen MR) is 121 cm³/mol. The summed E-state index contributed by atoms with van der Waals surface area (Å²) in [5.74, 6) is 0.208. The molecule has 0 aromatic heterocycles. The first-order valence-corrected chi connectivity index (χ1v) is 11.8. The quantitative estimate of drug-likeness (QED) is 0.618. The summed E-state index contributed by atoms with van der Waals surface area (Å²) < 4.78 is 47.1. The van der Waals surface area contributed by atoms with Gasteiger partial charge in [-0.2, -0.15) is 0 Å². The van der Waals surface area contributed by atoms with Crippen LogP contribution in [0.2, 0.25) is 0 Å². The highest BCUT2D eigenvalue weighted by atomic mass is 19.4. The second-order valence-electron chi connectivity index (χ2n) is 10.3. The average molecular weight is 475 g/mol. The fraction of sp³-hybridized carbons (Fsp3) is 0.500. The summed E-state index contributed by atoms with van der Waals surface area (Å²) in [6.07, 6.45) is -2.18. The molecule has 0 saturated carbocycles. The summed E-state index contributed by atoms with van der Waals surface area (Å²) in [6, 6.07) is 11.7. The zero-order valence-electron chi connectivity index (χ0n) is 19.3. The number of halogens is 3. The first-order chi connectivity index (χ1) is 16.1. The number of nitrogens with one attached hydrogen (secondary N) is 1. The Hall–Kier alpha value is -2.74. The number of amides is 1. The topological polar surface area (TPSA) is 50.8 Å². The van der Waals surface area contributed by atoms with Gasteiger partial charge in [0.05, 0.1) is 6.04 Å². The van der Waals surface area contributed by atoms with Crippen molar-refractivity contribution in [3.05, 3.63) is 53.6 Å². The van der Waals surface area contributed by atoms with Crippen LogP contribution in [0.3, 0.4) is 0 Å². The molecule has 2 aromatic rings. The number of alkyl halides is 3. The van der Waals surface area contributed by atoms with E-state index in [1.165, 1.54) is 12.1 Å². The third-order valence-electron chi connectivity index (χ3n) is 7.42. The van der Waals surface area contributed by atoms with Crippen molar-refractivity contribution in [2.45, 2.75) is 51.6 Å². The highest BCUT2D eigenvalue weighted by molar-refractivity contribution is 5.70. The molecule has 2 aromatic carbocycles. The molecule has 3 aliphatic heterocycles. The van der Waals surface area contributed by atoms with E-state index in [0.717, 1.165) is 61.2 Å². The molecule has 1 N–H and O–H groups in total. The van der Waals surface area contributed by atoms with Crippen LogP contribution in [0.15, 0.2) is 42.5 Å². The molecule has 1 unspecified atom stereocenters. The second-order valence-corrected chi connectivity index (χ2v) is 10.3. The van der Waals surface area contributed by atoms with Gasteiger partial charge in [-0.3, -0.25) is 4.90 Å². The largest absolute Gasteiger partial charge is 0.573 e. The Labute approximate surface area is 197 Å². The molecule has 3 fully saturated rings. The zero-order valence-corrected chi connectivity index (χ0v) is 19.3. The number of rotatable bonds is 4. The number of alkyl carbamates (subject to hydrolysis) is 1. The van der Waals surface area contributed by atoms with Crippen molar-refractivity contribution in [2.75, 3.05) is 19.6 Å². The van der Waals surface area contributed by atoms with Crippen molar-refractivity contribution in [1.82, 2.24) is 10.2 Å². The lowest BCUT2D eigenvalue weighted by atomic mass is 9.85. The maximum absolute atomic E-state index is 12.8. The summed E-state index contributed by atoms with van der Waals surface area (Å²) in [4.78, 5) is 15.2. The maximum Gasteiger partial charge on any atom is 0.573 e. The van der Waals surface area contributed by atoms with Crippen molar-refractivity contribution >= 4 is 6.09 Å². The molecule has 34 heavy (non-hydrogen) atoms. The standard InChI is InChI=1S/C26H29F3N2O3/c1-25(2)14-19-13-18(16-3-6-20(7-4-16)34-26(27,28)29)5-8-21(19)23(25)30-24(32)33-22-15-31-11-9-17(22)10-12-31/h3-8,13,17,22-23H,9-12,14-15H2,1-2H3,(H,30,32)/t22-,23?/m1/s1. The highest BCUT2D eigenvalue weighted by Crippen LogP contribution is 2.46. The van der Waals surface area contributed by atoms with E-state index in [-0.39, 0.29) is 29.4 Å². The number of carbonyl (C=O) groups is 1. The number of fused-ring (bicyclic) bond motifs is 4. The van der Waals surface area contributed by atoms with Crippen molar-refractivity contribution in [2.24, 2.45) is 11.3 Å². The lowest BCUT2D eigenvalue weighted by molar-refractivity contribution is -0.274. The first kappa shape index (κ1) is 23.0. The van der Waals surface area contributed by atoms with Gasteiger partial charge in [0.15, 0.2) is 0 Å². The summed E-state index contributed by atoms with van der Waals surface area (Å²) in [6.45, 7) is 7.24. The second kappa shape index (κ2) is 8.48. The minimum Gasteiger partial charge on any atom is -0.445 e. The molecule has 3 heterocycles. The molecule has 0 spiro atoms. The molecule has 4 aliphatic rings. The first-order valence-electron chi connectivity index (χ1n) is 11.8. The molecule has 1 aliphatic carbocycles. The van der Waals surface area contributed by atoms with Gasteiger partial charge in [0.25, 0.3) is 0 Å². The minimum absolute atomic E-state index is 0.0434. The summed E-state index contributed by atoms with van der Waals surface area (Å²) in [7, 11) is 0. The monoisotopic (exact) mass is 474 g/mol. The van der Waals surface area contributed by atoms with Crippen molar-refractivity contribution in [3.63, 3.8) is 0 Å². The summed E-state index contributed by atoms with van der Waals surface area (Å²) in [5.41, 5.74) is 3.68. The molecule has 0 radical (unpaired) electrons. The van der Waals surface area contributed by atoms with Crippen LogP contribution in [0.4, 0.5) is 18.0 Å². The van der Waals surface area contributed by atoms with Gasteiger partial charge in [0.1, 0.15) is 11.9 Å². The van der Waals surface area contributed by atoms with Gasteiger partial charge >= 0.3 is 12.5 Å². The Morgan fingerprint density at radius 3 is 2.35 bits per heavy atom. The van der Waals surface area contributed by atoms with E-state index >= 15 is 0 Å². The van der Waals surface area contributed by atoms with Gasteiger partial charge in [-0.1, -0.05) is 44.2 Å². The van der Waals surface area contributed by atoms with Gasteiger partial charge in [-0.15, -0.1) is 13.2 Å². The van der Waals surface area contributed by atoms with Crippen LogP contribution in [-0.2, 0) is 11.2 Å². The zero-order chi connectivity index (χ0) is 24.1. The van der Waals surface area contributed by atoms with E-state index in [0.29, 0.717) is 5.92 Å². The Morgan fingerprint density at radius 1 is 1.06 bits per heavy atom. The molecule has 5 nitrogen and oxygen atoms in total. The summed E-state index contributed by atoms with van der Waals surface area (Å²) >= 11 is 0. The van der Waals surface area contributed by atoms with E-state index in [1.54, 1.807) is 12.1 Å².